The molecular formula is C18H20N2O4S. The topological polar surface area (TPSA) is 66.9 Å². The highest BCUT2D eigenvalue weighted by atomic mass is 32.2. The number of anilines is 1. The summed E-state index contributed by atoms with van der Waals surface area (Å²) >= 11 is 0.848. The van der Waals surface area contributed by atoms with Crippen LogP contribution in [-0.4, -0.2) is 48.8 Å². The first-order valence-electron chi connectivity index (χ1n) is 8.17. The van der Waals surface area contributed by atoms with Crippen molar-refractivity contribution in [2.75, 3.05) is 31.6 Å². The molecule has 2 amide bonds. The lowest BCUT2D eigenvalue weighted by Gasteiger charge is -2.18. The summed E-state index contributed by atoms with van der Waals surface area (Å²) in [7, 11) is 1.22. The van der Waals surface area contributed by atoms with E-state index in [1.165, 1.54) is 25.6 Å². The number of aryl methyl sites for hydroxylation is 1. The Morgan fingerprint density at radius 2 is 2.00 bits per heavy atom. The van der Waals surface area contributed by atoms with Gasteiger partial charge in [-0.25, -0.2) is 0 Å². The number of carbonyl (C=O) groups is 3. The van der Waals surface area contributed by atoms with E-state index in [0.717, 1.165) is 40.9 Å². The zero-order chi connectivity index (χ0) is 18.0. The second-order valence-corrected chi connectivity index (χ2v) is 7.07. The first-order chi connectivity index (χ1) is 12.0. The maximum absolute atomic E-state index is 12.4. The van der Waals surface area contributed by atoms with Crippen molar-refractivity contribution in [3.05, 3.63) is 34.2 Å². The minimum Gasteiger partial charge on any atom is -0.468 e. The molecule has 2 fully saturated rings. The van der Waals surface area contributed by atoms with Gasteiger partial charge in [0.1, 0.15) is 6.54 Å². The Hall–Kier alpha value is -2.28. The number of amides is 2. The molecule has 0 spiro atoms. The Balaban J connectivity index is 1.79. The van der Waals surface area contributed by atoms with Gasteiger partial charge in [-0.15, -0.1) is 0 Å². The van der Waals surface area contributed by atoms with Gasteiger partial charge in [0.05, 0.1) is 12.0 Å². The minimum atomic E-state index is -0.616. The van der Waals surface area contributed by atoms with E-state index in [-0.39, 0.29) is 6.54 Å². The predicted octanol–water partition coefficient (Wildman–Crippen LogP) is 2.80. The minimum absolute atomic E-state index is 0.325. The fraction of sp³-hybridized carbons (Fsp3) is 0.389. The van der Waals surface area contributed by atoms with Crippen molar-refractivity contribution in [3.8, 4) is 0 Å². The predicted molar refractivity (Wildman–Crippen MR) is 97.3 cm³/mol. The van der Waals surface area contributed by atoms with Gasteiger partial charge in [0.2, 0.25) is 0 Å². The molecule has 2 aliphatic heterocycles. The van der Waals surface area contributed by atoms with Crippen LogP contribution in [0.1, 0.15) is 24.0 Å². The molecule has 7 heteroatoms. The fourth-order valence-electron chi connectivity index (χ4n) is 2.97. The van der Waals surface area contributed by atoms with Crippen LogP contribution in [0.3, 0.4) is 0 Å². The Kier molecular flexibility index (Phi) is 5.13. The van der Waals surface area contributed by atoms with Crippen molar-refractivity contribution in [1.82, 2.24) is 4.90 Å². The van der Waals surface area contributed by atoms with E-state index in [2.05, 4.69) is 15.7 Å². The van der Waals surface area contributed by atoms with Crippen molar-refractivity contribution in [2.45, 2.75) is 19.8 Å². The monoisotopic (exact) mass is 360 g/mol. The SMILES string of the molecule is COC(=O)CN1C(=O)S/C(=C\c2ccc(N3CCCC3)cc2C)C1=O. The maximum atomic E-state index is 12.4. The Morgan fingerprint density at radius 3 is 2.64 bits per heavy atom. The highest BCUT2D eigenvalue weighted by molar-refractivity contribution is 8.18. The van der Waals surface area contributed by atoms with Gasteiger partial charge in [0.15, 0.2) is 0 Å². The molecule has 1 aromatic rings. The van der Waals surface area contributed by atoms with E-state index in [0.29, 0.717) is 4.91 Å². The van der Waals surface area contributed by atoms with E-state index < -0.39 is 17.1 Å². The molecule has 0 unspecified atom stereocenters. The van der Waals surface area contributed by atoms with E-state index >= 15 is 0 Å². The number of thioether (sulfide) groups is 1. The first-order valence-corrected chi connectivity index (χ1v) is 8.99. The standard InChI is InChI=1S/C18H20N2O4S/c1-12-9-14(19-7-3-4-8-19)6-5-13(12)10-15-17(22)20(18(23)25-15)11-16(21)24-2/h5-6,9-10H,3-4,7-8,11H2,1-2H3/b15-10-. The maximum Gasteiger partial charge on any atom is 0.325 e. The van der Waals surface area contributed by atoms with E-state index in [1.54, 1.807) is 6.08 Å². The molecule has 0 bridgehead atoms. The van der Waals surface area contributed by atoms with Crippen molar-refractivity contribution in [2.24, 2.45) is 0 Å². The van der Waals surface area contributed by atoms with Crippen LogP contribution in [0.5, 0.6) is 0 Å². The smallest absolute Gasteiger partial charge is 0.325 e. The number of imide groups is 1. The van der Waals surface area contributed by atoms with Crippen molar-refractivity contribution in [1.29, 1.82) is 0 Å². The number of esters is 1. The number of rotatable bonds is 4. The average Bonchev–Trinajstić information content (AvgIpc) is 3.21. The summed E-state index contributed by atoms with van der Waals surface area (Å²) in [5.41, 5.74) is 3.13. The summed E-state index contributed by atoms with van der Waals surface area (Å²) in [6.07, 6.45) is 4.15. The third-order valence-electron chi connectivity index (χ3n) is 4.40. The van der Waals surface area contributed by atoms with E-state index in [9.17, 15) is 14.4 Å². The van der Waals surface area contributed by atoms with Gasteiger partial charge in [-0.2, -0.15) is 0 Å². The molecule has 0 atom stereocenters. The van der Waals surface area contributed by atoms with Gasteiger partial charge in [-0.3, -0.25) is 19.3 Å². The number of carbonyl (C=O) groups excluding carboxylic acids is 3. The fourth-order valence-corrected chi connectivity index (χ4v) is 3.79. The number of nitrogens with zero attached hydrogens (tertiary/aromatic N) is 2. The summed E-state index contributed by atoms with van der Waals surface area (Å²) in [5, 5.41) is -0.451. The van der Waals surface area contributed by atoms with E-state index in [1.807, 2.05) is 19.1 Å². The second-order valence-electron chi connectivity index (χ2n) is 6.08. The average molecular weight is 360 g/mol. The summed E-state index contributed by atoms with van der Waals surface area (Å²) in [4.78, 5) is 39.2. The quantitative estimate of drug-likeness (QED) is 0.608. The molecule has 0 saturated carbocycles. The van der Waals surface area contributed by atoms with Crippen LogP contribution in [0.15, 0.2) is 23.1 Å². The molecule has 2 saturated heterocycles. The second kappa shape index (κ2) is 7.31. The molecule has 0 aromatic heterocycles. The van der Waals surface area contributed by atoms with Gasteiger partial charge in [-0.05, 0) is 60.9 Å². The van der Waals surface area contributed by atoms with Gasteiger partial charge in [0, 0.05) is 18.8 Å². The van der Waals surface area contributed by atoms with E-state index in [4.69, 9.17) is 0 Å². The molecule has 0 N–H and O–H groups in total. The largest absolute Gasteiger partial charge is 0.468 e. The summed E-state index contributed by atoms with van der Waals surface area (Å²) < 4.78 is 4.52. The molecule has 6 nitrogen and oxygen atoms in total. The molecule has 132 valence electrons. The van der Waals surface area contributed by atoms with Crippen molar-refractivity contribution >= 4 is 40.6 Å². The summed E-state index contributed by atoms with van der Waals surface area (Å²) in [6, 6.07) is 6.12. The van der Waals surface area contributed by atoms with Crippen molar-refractivity contribution < 1.29 is 19.1 Å². The van der Waals surface area contributed by atoms with Gasteiger partial charge in [-0.1, -0.05) is 6.07 Å². The lowest BCUT2D eigenvalue weighted by molar-refractivity contribution is -0.143. The van der Waals surface area contributed by atoms with Gasteiger partial charge in [0.25, 0.3) is 11.1 Å². The van der Waals surface area contributed by atoms with Crippen LogP contribution < -0.4 is 4.90 Å². The van der Waals surface area contributed by atoms with Crippen LogP contribution in [0.4, 0.5) is 10.5 Å². The number of benzene rings is 1. The third-order valence-corrected chi connectivity index (χ3v) is 5.31. The molecule has 1 aromatic carbocycles. The lowest BCUT2D eigenvalue weighted by Crippen LogP contribution is -2.34. The number of hydrogen-bond donors (Lipinski definition) is 0. The Morgan fingerprint density at radius 1 is 1.28 bits per heavy atom. The molecule has 2 heterocycles. The number of ether oxygens (including phenoxy) is 1. The third kappa shape index (κ3) is 3.71. The number of methoxy groups -OCH3 is 1. The highest BCUT2D eigenvalue weighted by Gasteiger charge is 2.36. The normalized spacial score (nSPS) is 19.2. The van der Waals surface area contributed by atoms with Crippen LogP contribution in [0, 0.1) is 6.92 Å². The highest BCUT2D eigenvalue weighted by Crippen LogP contribution is 2.33. The molecule has 25 heavy (non-hydrogen) atoms. The molecule has 0 aliphatic carbocycles. The molecular weight excluding hydrogens is 340 g/mol. The van der Waals surface area contributed by atoms with Crippen LogP contribution in [0.2, 0.25) is 0 Å². The summed E-state index contributed by atoms with van der Waals surface area (Å²) in [6.45, 7) is 3.78. The number of hydrogen-bond acceptors (Lipinski definition) is 6. The van der Waals surface area contributed by atoms with Crippen LogP contribution in [-0.2, 0) is 14.3 Å². The zero-order valence-electron chi connectivity index (χ0n) is 14.3. The van der Waals surface area contributed by atoms with Gasteiger partial charge < -0.3 is 9.64 Å². The molecule has 3 rings (SSSR count). The van der Waals surface area contributed by atoms with Crippen molar-refractivity contribution in [3.63, 3.8) is 0 Å². The van der Waals surface area contributed by atoms with Crippen LogP contribution >= 0.6 is 11.8 Å². The lowest BCUT2D eigenvalue weighted by atomic mass is 10.1. The Bertz CT molecular complexity index is 753. The summed E-state index contributed by atoms with van der Waals surface area (Å²) in [5.74, 6) is -1.07. The first kappa shape index (κ1) is 17.5. The van der Waals surface area contributed by atoms with Gasteiger partial charge >= 0.3 is 5.97 Å². The molecule has 2 aliphatic rings. The Labute approximate surface area is 150 Å². The zero-order valence-corrected chi connectivity index (χ0v) is 15.1. The molecule has 0 radical (unpaired) electrons. The van der Waals surface area contributed by atoms with Crippen LogP contribution in [0.25, 0.3) is 6.08 Å².